The SMILES string of the molecule is CCc1nnc(Oc2cccc(Cl)c2)c(C(=O)O)c1CC. The first-order valence-corrected chi connectivity index (χ1v) is 6.99. The highest BCUT2D eigenvalue weighted by atomic mass is 35.5. The topological polar surface area (TPSA) is 72.3 Å². The van der Waals surface area contributed by atoms with Crippen LogP contribution in [-0.4, -0.2) is 21.3 Å². The molecule has 0 amide bonds. The van der Waals surface area contributed by atoms with Crippen molar-refractivity contribution in [1.29, 1.82) is 0 Å². The zero-order valence-corrected chi connectivity index (χ0v) is 12.5. The number of carbonyl (C=O) groups is 1. The normalized spacial score (nSPS) is 10.4. The summed E-state index contributed by atoms with van der Waals surface area (Å²) in [5.41, 5.74) is 1.38. The van der Waals surface area contributed by atoms with Gasteiger partial charge in [0.25, 0.3) is 5.88 Å². The molecule has 6 heteroatoms. The first kappa shape index (κ1) is 15.3. The maximum atomic E-state index is 11.6. The first-order valence-electron chi connectivity index (χ1n) is 6.61. The minimum atomic E-state index is -1.08. The van der Waals surface area contributed by atoms with Crippen molar-refractivity contribution in [3.8, 4) is 11.6 Å². The van der Waals surface area contributed by atoms with E-state index in [0.29, 0.717) is 34.9 Å². The number of carboxylic acids is 1. The molecule has 0 aliphatic rings. The van der Waals surface area contributed by atoms with Crippen molar-refractivity contribution in [3.63, 3.8) is 0 Å². The summed E-state index contributed by atoms with van der Waals surface area (Å²) < 4.78 is 5.55. The predicted octanol–water partition coefficient (Wildman–Crippen LogP) is 3.75. The number of aromatic nitrogens is 2. The molecule has 1 aromatic carbocycles. The number of hydrogen-bond donors (Lipinski definition) is 1. The summed E-state index contributed by atoms with van der Waals surface area (Å²) in [5, 5.41) is 17.9. The van der Waals surface area contributed by atoms with E-state index in [1.807, 2.05) is 13.8 Å². The molecule has 1 aromatic heterocycles. The number of ether oxygens (including phenoxy) is 1. The Hall–Kier alpha value is -2.14. The monoisotopic (exact) mass is 306 g/mol. The number of hydrogen-bond acceptors (Lipinski definition) is 4. The van der Waals surface area contributed by atoms with Crippen LogP contribution in [0.2, 0.25) is 5.02 Å². The fourth-order valence-corrected chi connectivity index (χ4v) is 2.27. The smallest absolute Gasteiger partial charge is 0.341 e. The summed E-state index contributed by atoms with van der Waals surface area (Å²) in [7, 11) is 0. The van der Waals surface area contributed by atoms with Gasteiger partial charge in [0.1, 0.15) is 11.3 Å². The van der Waals surface area contributed by atoms with Gasteiger partial charge in [-0.3, -0.25) is 0 Å². The fraction of sp³-hybridized carbons (Fsp3) is 0.267. The van der Waals surface area contributed by atoms with Crippen molar-refractivity contribution in [3.05, 3.63) is 46.1 Å². The lowest BCUT2D eigenvalue weighted by atomic mass is 10.0. The van der Waals surface area contributed by atoms with Gasteiger partial charge in [0.15, 0.2) is 0 Å². The lowest BCUT2D eigenvalue weighted by Gasteiger charge is -2.12. The molecule has 1 heterocycles. The quantitative estimate of drug-likeness (QED) is 0.911. The number of aryl methyl sites for hydroxylation is 1. The van der Waals surface area contributed by atoms with Crippen LogP contribution < -0.4 is 4.74 Å². The van der Waals surface area contributed by atoms with Crippen molar-refractivity contribution < 1.29 is 14.6 Å². The van der Waals surface area contributed by atoms with Crippen LogP contribution in [0.25, 0.3) is 0 Å². The molecule has 0 saturated carbocycles. The second-order valence-corrected chi connectivity index (χ2v) is 4.81. The summed E-state index contributed by atoms with van der Waals surface area (Å²) in [4.78, 5) is 11.6. The predicted molar refractivity (Wildman–Crippen MR) is 79.3 cm³/mol. The molecule has 0 bridgehead atoms. The molecule has 2 rings (SSSR count). The molecule has 21 heavy (non-hydrogen) atoms. The van der Waals surface area contributed by atoms with Crippen molar-refractivity contribution in [2.45, 2.75) is 26.7 Å². The van der Waals surface area contributed by atoms with E-state index in [1.54, 1.807) is 24.3 Å². The molecule has 0 spiro atoms. The van der Waals surface area contributed by atoms with Crippen LogP contribution in [-0.2, 0) is 12.8 Å². The lowest BCUT2D eigenvalue weighted by Crippen LogP contribution is -2.11. The molecule has 0 aliphatic heterocycles. The average molecular weight is 307 g/mol. The van der Waals surface area contributed by atoms with Gasteiger partial charge in [0.2, 0.25) is 0 Å². The molecule has 2 aromatic rings. The first-order chi connectivity index (χ1) is 10.1. The second kappa shape index (κ2) is 6.54. The molecule has 0 saturated heterocycles. The highest BCUT2D eigenvalue weighted by Crippen LogP contribution is 2.28. The molecular formula is C15H15ClN2O3. The van der Waals surface area contributed by atoms with Crippen molar-refractivity contribution in [1.82, 2.24) is 10.2 Å². The number of carboxylic acid groups (broad SMARTS) is 1. The largest absolute Gasteiger partial charge is 0.477 e. The third kappa shape index (κ3) is 3.31. The standard InChI is InChI=1S/C15H15ClN2O3/c1-3-11-12(4-2)17-18-14(13(11)15(19)20)21-10-7-5-6-9(16)8-10/h5-8H,3-4H2,1-2H3,(H,19,20). The van der Waals surface area contributed by atoms with Gasteiger partial charge in [-0.05, 0) is 36.6 Å². The lowest BCUT2D eigenvalue weighted by molar-refractivity contribution is 0.0691. The van der Waals surface area contributed by atoms with Crippen LogP contribution in [0.3, 0.4) is 0 Å². The van der Waals surface area contributed by atoms with Crippen LogP contribution in [0.1, 0.15) is 35.5 Å². The van der Waals surface area contributed by atoms with E-state index < -0.39 is 5.97 Å². The van der Waals surface area contributed by atoms with Gasteiger partial charge in [-0.1, -0.05) is 31.5 Å². The highest BCUT2D eigenvalue weighted by Gasteiger charge is 2.22. The summed E-state index contributed by atoms with van der Waals surface area (Å²) >= 11 is 5.89. The van der Waals surface area contributed by atoms with E-state index in [2.05, 4.69) is 10.2 Å². The minimum Gasteiger partial charge on any atom is -0.477 e. The zero-order valence-electron chi connectivity index (χ0n) is 11.8. The molecule has 0 atom stereocenters. The molecule has 110 valence electrons. The fourth-order valence-electron chi connectivity index (χ4n) is 2.09. The molecule has 0 aliphatic carbocycles. The Kier molecular flexibility index (Phi) is 4.75. The van der Waals surface area contributed by atoms with Crippen LogP contribution in [0.4, 0.5) is 0 Å². The van der Waals surface area contributed by atoms with Crippen LogP contribution in [0.5, 0.6) is 11.6 Å². The Morgan fingerprint density at radius 3 is 2.62 bits per heavy atom. The summed E-state index contributed by atoms with van der Waals surface area (Å²) in [5.74, 6) is -0.669. The molecular weight excluding hydrogens is 292 g/mol. The van der Waals surface area contributed by atoms with E-state index in [1.165, 1.54) is 0 Å². The number of benzene rings is 1. The Bertz CT molecular complexity index is 674. The second-order valence-electron chi connectivity index (χ2n) is 4.38. The molecule has 0 radical (unpaired) electrons. The molecule has 0 fully saturated rings. The highest BCUT2D eigenvalue weighted by molar-refractivity contribution is 6.30. The molecule has 0 unspecified atom stereocenters. The number of nitrogens with zero attached hydrogens (tertiary/aromatic N) is 2. The third-order valence-electron chi connectivity index (χ3n) is 3.04. The Labute approximate surface area is 127 Å². The number of aromatic carboxylic acids is 1. The van der Waals surface area contributed by atoms with Gasteiger partial charge in [0.05, 0.1) is 5.69 Å². The van der Waals surface area contributed by atoms with Crippen LogP contribution >= 0.6 is 11.6 Å². The van der Waals surface area contributed by atoms with Gasteiger partial charge < -0.3 is 9.84 Å². The van der Waals surface area contributed by atoms with E-state index in [-0.39, 0.29) is 11.4 Å². The van der Waals surface area contributed by atoms with Crippen LogP contribution in [0.15, 0.2) is 24.3 Å². The van der Waals surface area contributed by atoms with Gasteiger partial charge in [-0.15, -0.1) is 5.10 Å². The summed E-state index contributed by atoms with van der Waals surface area (Å²) in [6.07, 6.45) is 1.17. The molecule has 5 nitrogen and oxygen atoms in total. The Morgan fingerprint density at radius 2 is 2.05 bits per heavy atom. The van der Waals surface area contributed by atoms with Gasteiger partial charge >= 0.3 is 5.97 Å². The van der Waals surface area contributed by atoms with Gasteiger partial charge in [0, 0.05) is 5.02 Å². The van der Waals surface area contributed by atoms with Crippen molar-refractivity contribution in [2.24, 2.45) is 0 Å². The Balaban J connectivity index is 2.50. The number of rotatable bonds is 5. The van der Waals surface area contributed by atoms with E-state index in [4.69, 9.17) is 16.3 Å². The summed E-state index contributed by atoms with van der Waals surface area (Å²) in [6.45, 7) is 3.79. The van der Waals surface area contributed by atoms with E-state index in [0.717, 1.165) is 0 Å². The zero-order chi connectivity index (χ0) is 15.4. The average Bonchev–Trinajstić information content (AvgIpc) is 2.46. The van der Waals surface area contributed by atoms with Gasteiger partial charge in [-0.2, -0.15) is 5.10 Å². The molecule has 1 N–H and O–H groups in total. The van der Waals surface area contributed by atoms with E-state index >= 15 is 0 Å². The maximum Gasteiger partial charge on any atom is 0.341 e. The maximum absolute atomic E-state index is 11.6. The Morgan fingerprint density at radius 1 is 1.29 bits per heavy atom. The number of halogens is 1. The summed E-state index contributed by atoms with van der Waals surface area (Å²) in [6, 6.07) is 6.69. The minimum absolute atomic E-state index is 0.0150. The van der Waals surface area contributed by atoms with Gasteiger partial charge in [-0.25, -0.2) is 4.79 Å². The van der Waals surface area contributed by atoms with E-state index in [9.17, 15) is 9.90 Å². The third-order valence-corrected chi connectivity index (χ3v) is 3.27. The van der Waals surface area contributed by atoms with Crippen LogP contribution in [0, 0.1) is 0 Å². The van der Waals surface area contributed by atoms with Crippen molar-refractivity contribution in [2.75, 3.05) is 0 Å². The van der Waals surface area contributed by atoms with Crippen molar-refractivity contribution >= 4 is 17.6 Å².